The van der Waals surface area contributed by atoms with Crippen molar-refractivity contribution < 1.29 is 14.6 Å². The van der Waals surface area contributed by atoms with Crippen LogP contribution in [0.15, 0.2) is 0 Å². The molecule has 0 aliphatic rings. The Labute approximate surface area is 113 Å². The van der Waals surface area contributed by atoms with Crippen LogP contribution in [0.1, 0.15) is 50.9 Å². The van der Waals surface area contributed by atoms with E-state index in [2.05, 4.69) is 15.3 Å². The summed E-state index contributed by atoms with van der Waals surface area (Å²) in [4.78, 5) is 19.1. The van der Waals surface area contributed by atoms with Crippen molar-refractivity contribution in [1.29, 1.82) is 0 Å². The Morgan fingerprint density at radius 1 is 1.53 bits per heavy atom. The standard InChI is InChI=1S/C13H23N3O3/c1-6-9-8(2)14-11(15-9)10(7-17)16-12(18)19-13(3,4)5/h10,17H,6-7H2,1-5H3,(H,14,15)(H,16,18). The molecule has 108 valence electrons. The SMILES string of the molecule is CCc1nc(C(CO)NC(=O)OC(C)(C)C)[nH]c1C. The third-order valence-corrected chi connectivity index (χ3v) is 2.54. The van der Waals surface area contributed by atoms with E-state index < -0.39 is 17.7 Å². The predicted molar refractivity (Wildman–Crippen MR) is 71.9 cm³/mol. The molecule has 19 heavy (non-hydrogen) atoms. The molecule has 1 amide bonds. The lowest BCUT2D eigenvalue weighted by atomic mass is 10.2. The Bertz CT molecular complexity index is 435. The Balaban J connectivity index is 2.75. The van der Waals surface area contributed by atoms with Crippen molar-refractivity contribution in [2.45, 2.75) is 52.7 Å². The van der Waals surface area contributed by atoms with Gasteiger partial charge in [0.15, 0.2) is 0 Å². The fraction of sp³-hybridized carbons (Fsp3) is 0.692. The lowest BCUT2D eigenvalue weighted by Crippen LogP contribution is -2.36. The third-order valence-electron chi connectivity index (χ3n) is 2.54. The van der Waals surface area contributed by atoms with Gasteiger partial charge in [0, 0.05) is 5.69 Å². The maximum absolute atomic E-state index is 11.7. The highest BCUT2D eigenvalue weighted by Crippen LogP contribution is 2.14. The number of aryl methyl sites for hydroxylation is 2. The molecule has 1 atom stereocenters. The maximum atomic E-state index is 11.7. The zero-order valence-corrected chi connectivity index (χ0v) is 12.2. The number of aliphatic hydroxyl groups is 1. The number of hydrogen-bond donors (Lipinski definition) is 3. The largest absolute Gasteiger partial charge is 0.444 e. The van der Waals surface area contributed by atoms with E-state index in [1.807, 2.05) is 13.8 Å². The van der Waals surface area contributed by atoms with Crippen LogP contribution < -0.4 is 5.32 Å². The van der Waals surface area contributed by atoms with Crippen LogP contribution in [-0.2, 0) is 11.2 Å². The van der Waals surface area contributed by atoms with E-state index in [4.69, 9.17) is 4.74 Å². The number of hydrogen-bond acceptors (Lipinski definition) is 4. The highest BCUT2D eigenvalue weighted by molar-refractivity contribution is 5.68. The second-order valence-electron chi connectivity index (χ2n) is 5.43. The fourth-order valence-electron chi connectivity index (χ4n) is 1.68. The number of aliphatic hydroxyl groups excluding tert-OH is 1. The quantitative estimate of drug-likeness (QED) is 0.778. The maximum Gasteiger partial charge on any atom is 0.408 e. The first kappa shape index (κ1) is 15.5. The van der Waals surface area contributed by atoms with Crippen LogP contribution >= 0.6 is 0 Å². The Kier molecular flexibility index (Phi) is 4.94. The average molecular weight is 269 g/mol. The molecule has 0 bridgehead atoms. The zero-order chi connectivity index (χ0) is 14.6. The molecule has 0 fully saturated rings. The minimum absolute atomic E-state index is 0.241. The van der Waals surface area contributed by atoms with E-state index in [0.29, 0.717) is 5.82 Å². The molecule has 1 heterocycles. The Morgan fingerprint density at radius 2 is 2.16 bits per heavy atom. The first-order chi connectivity index (χ1) is 8.76. The van der Waals surface area contributed by atoms with Gasteiger partial charge in [-0.05, 0) is 34.1 Å². The van der Waals surface area contributed by atoms with Gasteiger partial charge in [0.2, 0.25) is 0 Å². The number of alkyl carbamates (subject to hydrolysis) is 1. The number of carbonyl (C=O) groups excluding carboxylic acids is 1. The zero-order valence-electron chi connectivity index (χ0n) is 12.2. The van der Waals surface area contributed by atoms with Crippen molar-refractivity contribution in [2.75, 3.05) is 6.61 Å². The van der Waals surface area contributed by atoms with Crippen molar-refractivity contribution in [3.05, 3.63) is 17.2 Å². The van der Waals surface area contributed by atoms with Crippen LogP contribution in [0.3, 0.4) is 0 Å². The number of imidazole rings is 1. The minimum atomic E-state index is -0.589. The molecule has 6 heteroatoms. The minimum Gasteiger partial charge on any atom is -0.444 e. The molecule has 3 N–H and O–H groups in total. The van der Waals surface area contributed by atoms with E-state index in [1.165, 1.54) is 0 Å². The van der Waals surface area contributed by atoms with Gasteiger partial charge >= 0.3 is 6.09 Å². The molecule has 0 aromatic carbocycles. The molecule has 6 nitrogen and oxygen atoms in total. The normalized spacial score (nSPS) is 13.2. The smallest absolute Gasteiger partial charge is 0.408 e. The van der Waals surface area contributed by atoms with Gasteiger partial charge in [-0.25, -0.2) is 9.78 Å². The summed E-state index contributed by atoms with van der Waals surface area (Å²) in [5, 5.41) is 12.0. The molecule has 0 saturated carbocycles. The summed E-state index contributed by atoms with van der Waals surface area (Å²) in [6, 6.07) is -0.589. The molecule has 1 aromatic heterocycles. The van der Waals surface area contributed by atoms with E-state index in [9.17, 15) is 9.90 Å². The van der Waals surface area contributed by atoms with Crippen LogP contribution in [0.5, 0.6) is 0 Å². The molecular formula is C13H23N3O3. The van der Waals surface area contributed by atoms with E-state index >= 15 is 0 Å². The van der Waals surface area contributed by atoms with Crippen LogP contribution in [0.4, 0.5) is 4.79 Å². The summed E-state index contributed by atoms with van der Waals surface area (Å²) in [5.74, 6) is 0.544. The number of H-pyrrole nitrogens is 1. The van der Waals surface area contributed by atoms with Crippen molar-refractivity contribution in [2.24, 2.45) is 0 Å². The summed E-state index contributed by atoms with van der Waals surface area (Å²) in [7, 11) is 0. The second-order valence-corrected chi connectivity index (χ2v) is 5.43. The molecule has 1 aromatic rings. The lowest BCUT2D eigenvalue weighted by molar-refractivity contribution is 0.0478. The molecular weight excluding hydrogens is 246 g/mol. The number of nitrogens with one attached hydrogen (secondary N) is 2. The predicted octanol–water partition coefficient (Wildman–Crippen LogP) is 1.84. The number of aromatic nitrogens is 2. The van der Waals surface area contributed by atoms with Crippen LogP contribution in [0.2, 0.25) is 0 Å². The summed E-state index contributed by atoms with van der Waals surface area (Å²) in [6.45, 7) is 9.03. The lowest BCUT2D eigenvalue weighted by Gasteiger charge is -2.22. The van der Waals surface area contributed by atoms with E-state index in [-0.39, 0.29) is 6.61 Å². The molecule has 0 saturated heterocycles. The second kappa shape index (κ2) is 6.06. The molecule has 0 aliphatic carbocycles. The number of carbonyl (C=O) groups is 1. The van der Waals surface area contributed by atoms with Crippen LogP contribution in [0.25, 0.3) is 0 Å². The monoisotopic (exact) mass is 269 g/mol. The summed E-state index contributed by atoms with van der Waals surface area (Å²) < 4.78 is 5.15. The van der Waals surface area contributed by atoms with Gasteiger partial charge in [0.05, 0.1) is 12.3 Å². The molecule has 1 unspecified atom stereocenters. The number of rotatable bonds is 4. The van der Waals surface area contributed by atoms with Crippen molar-refractivity contribution in [3.8, 4) is 0 Å². The van der Waals surface area contributed by atoms with Gasteiger partial charge in [0.25, 0.3) is 0 Å². The van der Waals surface area contributed by atoms with Gasteiger partial charge in [-0.3, -0.25) is 0 Å². The van der Waals surface area contributed by atoms with Gasteiger partial charge in [-0.2, -0.15) is 0 Å². The molecule has 1 rings (SSSR count). The van der Waals surface area contributed by atoms with Crippen molar-refractivity contribution in [3.63, 3.8) is 0 Å². The van der Waals surface area contributed by atoms with Crippen molar-refractivity contribution in [1.82, 2.24) is 15.3 Å². The first-order valence-corrected chi connectivity index (χ1v) is 6.42. The first-order valence-electron chi connectivity index (χ1n) is 6.42. The fourth-order valence-corrected chi connectivity index (χ4v) is 1.68. The molecule has 0 radical (unpaired) electrons. The van der Waals surface area contributed by atoms with E-state index in [1.54, 1.807) is 20.8 Å². The summed E-state index contributed by atoms with van der Waals surface area (Å²) in [5.41, 5.74) is 1.30. The highest BCUT2D eigenvalue weighted by atomic mass is 16.6. The topological polar surface area (TPSA) is 87.2 Å². The number of nitrogens with zero attached hydrogens (tertiary/aromatic N) is 1. The number of amides is 1. The van der Waals surface area contributed by atoms with Gasteiger partial charge < -0.3 is 20.1 Å². The summed E-state index contributed by atoms with van der Waals surface area (Å²) in [6.07, 6.45) is 0.228. The molecule has 0 spiro atoms. The molecule has 0 aliphatic heterocycles. The summed E-state index contributed by atoms with van der Waals surface area (Å²) >= 11 is 0. The third kappa shape index (κ3) is 4.55. The van der Waals surface area contributed by atoms with E-state index in [0.717, 1.165) is 17.8 Å². The van der Waals surface area contributed by atoms with Crippen molar-refractivity contribution >= 4 is 6.09 Å². The Hall–Kier alpha value is -1.56. The highest BCUT2D eigenvalue weighted by Gasteiger charge is 2.22. The number of aromatic amines is 1. The van der Waals surface area contributed by atoms with Crippen LogP contribution in [0, 0.1) is 6.92 Å². The van der Waals surface area contributed by atoms with Gasteiger partial charge in [0.1, 0.15) is 17.5 Å². The Morgan fingerprint density at radius 3 is 2.58 bits per heavy atom. The van der Waals surface area contributed by atoms with Gasteiger partial charge in [-0.1, -0.05) is 6.92 Å². The average Bonchev–Trinajstić information content (AvgIpc) is 2.65. The van der Waals surface area contributed by atoms with Crippen LogP contribution in [-0.4, -0.2) is 33.4 Å². The number of ether oxygens (including phenoxy) is 1. The van der Waals surface area contributed by atoms with Gasteiger partial charge in [-0.15, -0.1) is 0 Å².